The third kappa shape index (κ3) is 3.87. The van der Waals surface area contributed by atoms with E-state index in [1.165, 1.54) is 0 Å². The Balaban J connectivity index is 2.84. The summed E-state index contributed by atoms with van der Waals surface area (Å²) in [6.45, 7) is 7.45. The molecular weight excluding hydrogens is 246 g/mol. The van der Waals surface area contributed by atoms with Crippen molar-refractivity contribution in [3.8, 4) is 5.88 Å². The van der Waals surface area contributed by atoms with E-state index in [9.17, 15) is 4.79 Å². The minimum absolute atomic E-state index is 0.156. The van der Waals surface area contributed by atoms with E-state index in [4.69, 9.17) is 9.47 Å². The van der Waals surface area contributed by atoms with Crippen LogP contribution >= 0.6 is 0 Å². The number of aryl methyl sites for hydroxylation is 1. The molecule has 0 aliphatic rings. The van der Waals surface area contributed by atoms with Crippen molar-refractivity contribution in [3.05, 3.63) is 11.8 Å². The molecule has 0 saturated carbocycles. The van der Waals surface area contributed by atoms with Gasteiger partial charge in [0.25, 0.3) is 0 Å². The SMILES string of the molecule is COc1cc(C(C)N(C)C(=O)OC(C)(C)C)n(C)n1. The van der Waals surface area contributed by atoms with Gasteiger partial charge in [-0.25, -0.2) is 4.79 Å². The van der Waals surface area contributed by atoms with Gasteiger partial charge in [0, 0.05) is 20.2 Å². The van der Waals surface area contributed by atoms with E-state index in [1.54, 1.807) is 23.7 Å². The van der Waals surface area contributed by atoms with Crippen molar-refractivity contribution in [1.29, 1.82) is 0 Å². The first kappa shape index (κ1) is 15.3. The van der Waals surface area contributed by atoms with E-state index in [2.05, 4.69) is 5.10 Å². The molecule has 0 spiro atoms. The Labute approximate surface area is 114 Å². The summed E-state index contributed by atoms with van der Waals surface area (Å²) >= 11 is 0. The highest BCUT2D eigenvalue weighted by molar-refractivity contribution is 5.68. The normalized spacial score (nSPS) is 13.0. The number of carbonyl (C=O) groups excluding carboxylic acids is 1. The van der Waals surface area contributed by atoms with Crippen molar-refractivity contribution in [1.82, 2.24) is 14.7 Å². The standard InChI is InChI=1S/C13H23N3O3/c1-9(10-8-11(18-7)14-16(10)6)15(5)12(17)19-13(2,3)4/h8-9H,1-7H3. The monoisotopic (exact) mass is 269 g/mol. The molecule has 1 rings (SSSR count). The fourth-order valence-electron chi connectivity index (χ4n) is 1.64. The summed E-state index contributed by atoms with van der Waals surface area (Å²) in [4.78, 5) is 13.5. The smallest absolute Gasteiger partial charge is 0.410 e. The van der Waals surface area contributed by atoms with Gasteiger partial charge in [-0.3, -0.25) is 4.68 Å². The summed E-state index contributed by atoms with van der Waals surface area (Å²) in [6, 6.07) is 1.65. The maximum absolute atomic E-state index is 12.0. The maximum Gasteiger partial charge on any atom is 0.410 e. The molecule has 0 radical (unpaired) electrons. The first-order valence-corrected chi connectivity index (χ1v) is 6.19. The molecule has 0 bridgehead atoms. The largest absolute Gasteiger partial charge is 0.480 e. The van der Waals surface area contributed by atoms with Gasteiger partial charge in [0.1, 0.15) is 5.60 Å². The summed E-state index contributed by atoms with van der Waals surface area (Å²) in [5.74, 6) is 0.530. The maximum atomic E-state index is 12.0. The van der Waals surface area contributed by atoms with E-state index in [0.717, 1.165) is 5.69 Å². The molecule has 0 aromatic carbocycles. The number of aromatic nitrogens is 2. The number of rotatable bonds is 3. The number of ether oxygens (including phenoxy) is 2. The molecule has 19 heavy (non-hydrogen) atoms. The van der Waals surface area contributed by atoms with Crippen LogP contribution in [0.3, 0.4) is 0 Å². The van der Waals surface area contributed by atoms with E-state index >= 15 is 0 Å². The van der Waals surface area contributed by atoms with Crippen LogP contribution in [0.2, 0.25) is 0 Å². The highest BCUT2D eigenvalue weighted by atomic mass is 16.6. The molecular formula is C13H23N3O3. The van der Waals surface area contributed by atoms with Crippen LogP contribution in [0.25, 0.3) is 0 Å². The van der Waals surface area contributed by atoms with Crippen molar-refractivity contribution in [2.45, 2.75) is 39.3 Å². The Morgan fingerprint density at radius 2 is 2.05 bits per heavy atom. The average Bonchev–Trinajstić information content (AvgIpc) is 2.66. The summed E-state index contributed by atoms with van der Waals surface area (Å²) in [5, 5.41) is 4.18. The van der Waals surface area contributed by atoms with Gasteiger partial charge in [0.05, 0.1) is 18.8 Å². The average molecular weight is 269 g/mol. The Morgan fingerprint density at radius 1 is 1.47 bits per heavy atom. The van der Waals surface area contributed by atoms with Crippen LogP contribution in [0.1, 0.15) is 39.4 Å². The molecule has 0 aliphatic carbocycles. The van der Waals surface area contributed by atoms with Crippen molar-refractivity contribution in [2.75, 3.05) is 14.2 Å². The molecule has 6 heteroatoms. The van der Waals surface area contributed by atoms with Gasteiger partial charge in [0.2, 0.25) is 5.88 Å². The minimum atomic E-state index is -0.505. The number of methoxy groups -OCH3 is 1. The lowest BCUT2D eigenvalue weighted by molar-refractivity contribution is 0.0228. The van der Waals surface area contributed by atoms with Crippen molar-refractivity contribution >= 4 is 6.09 Å². The van der Waals surface area contributed by atoms with Crippen LogP contribution in [-0.2, 0) is 11.8 Å². The number of hydrogen-bond donors (Lipinski definition) is 0. The Bertz CT molecular complexity index is 448. The van der Waals surface area contributed by atoms with Crippen LogP contribution in [0.5, 0.6) is 5.88 Å². The van der Waals surface area contributed by atoms with Crippen LogP contribution in [0.4, 0.5) is 4.79 Å². The lowest BCUT2D eigenvalue weighted by Crippen LogP contribution is -2.36. The van der Waals surface area contributed by atoms with Crippen LogP contribution < -0.4 is 4.74 Å². The lowest BCUT2D eigenvalue weighted by Gasteiger charge is -2.28. The van der Waals surface area contributed by atoms with Gasteiger partial charge in [-0.1, -0.05) is 0 Å². The van der Waals surface area contributed by atoms with Gasteiger partial charge >= 0.3 is 6.09 Å². The minimum Gasteiger partial charge on any atom is -0.480 e. The summed E-state index contributed by atoms with van der Waals surface area (Å²) in [7, 11) is 5.09. The fourth-order valence-corrected chi connectivity index (χ4v) is 1.64. The molecule has 1 amide bonds. The molecule has 1 aromatic heterocycles. The van der Waals surface area contributed by atoms with Gasteiger partial charge in [-0.2, -0.15) is 0 Å². The number of amides is 1. The zero-order chi connectivity index (χ0) is 14.8. The van der Waals surface area contributed by atoms with Crippen LogP contribution in [0.15, 0.2) is 6.07 Å². The predicted molar refractivity (Wildman–Crippen MR) is 72.2 cm³/mol. The summed E-state index contributed by atoms with van der Waals surface area (Å²) in [6.07, 6.45) is -0.361. The molecule has 0 fully saturated rings. The number of nitrogens with zero attached hydrogens (tertiary/aromatic N) is 3. The molecule has 0 saturated heterocycles. The molecule has 1 heterocycles. The van der Waals surface area contributed by atoms with E-state index in [-0.39, 0.29) is 12.1 Å². The zero-order valence-corrected chi connectivity index (χ0v) is 12.7. The lowest BCUT2D eigenvalue weighted by atomic mass is 10.2. The first-order chi connectivity index (χ1) is 8.65. The quantitative estimate of drug-likeness (QED) is 0.845. The van der Waals surface area contributed by atoms with Gasteiger partial charge in [-0.05, 0) is 27.7 Å². The fraction of sp³-hybridized carbons (Fsp3) is 0.692. The molecule has 1 atom stereocenters. The highest BCUT2D eigenvalue weighted by Crippen LogP contribution is 2.23. The third-order valence-corrected chi connectivity index (χ3v) is 2.79. The van der Waals surface area contributed by atoms with Crippen LogP contribution in [-0.4, -0.2) is 40.5 Å². The van der Waals surface area contributed by atoms with Gasteiger partial charge < -0.3 is 14.4 Å². The molecule has 6 nitrogen and oxygen atoms in total. The van der Waals surface area contributed by atoms with Crippen molar-refractivity contribution in [2.24, 2.45) is 7.05 Å². The summed E-state index contributed by atoms with van der Waals surface area (Å²) in [5.41, 5.74) is 0.375. The Hall–Kier alpha value is -1.72. The topological polar surface area (TPSA) is 56.6 Å². The highest BCUT2D eigenvalue weighted by Gasteiger charge is 2.25. The molecule has 0 N–H and O–H groups in total. The Morgan fingerprint density at radius 3 is 2.47 bits per heavy atom. The zero-order valence-electron chi connectivity index (χ0n) is 12.7. The molecule has 0 aliphatic heterocycles. The van der Waals surface area contributed by atoms with E-state index < -0.39 is 5.60 Å². The van der Waals surface area contributed by atoms with Crippen LogP contribution in [0, 0.1) is 0 Å². The summed E-state index contributed by atoms with van der Waals surface area (Å²) < 4.78 is 12.1. The molecule has 1 aromatic rings. The number of carbonyl (C=O) groups is 1. The second-order valence-electron chi connectivity index (χ2n) is 5.50. The number of hydrogen-bond acceptors (Lipinski definition) is 4. The van der Waals surface area contributed by atoms with E-state index in [0.29, 0.717) is 5.88 Å². The van der Waals surface area contributed by atoms with Gasteiger partial charge in [0.15, 0.2) is 0 Å². The first-order valence-electron chi connectivity index (χ1n) is 6.19. The molecule has 108 valence electrons. The second-order valence-corrected chi connectivity index (χ2v) is 5.50. The predicted octanol–water partition coefficient (Wildman–Crippen LogP) is 2.36. The third-order valence-electron chi connectivity index (χ3n) is 2.79. The van der Waals surface area contributed by atoms with E-state index in [1.807, 2.05) is 40.8 Å². The second kappa shape index (κ2) is 5.50. The Kier molecular flexibility index (Phi) is 4.44. The van der Waals surface area contributed by atoms with Crippen molar-refractivity contribution < 1.29 is 14.3 Å². The van der Waals surface area contributed by atoms with Gasteiger partial charge in [-0.15, -0.1) is 5.10 Å². The van der Waals surface area contributed by atoms with Crippen molar-refractivity contribution in [3.63, 3.8) is 0 Å². The molecule has 1 unspecified atom stereocenters.